The Kier molecular flexibility index (Phi) is 4.28. The standard InChI is InChI=1S/C18H18N2O5S/c21-15(22)8-18(5-1-2-6-18)20-16(23)12-9-26-17(19-12)11-3-4-13-14(7-11)25-10-24-13/h3-4,7,9H,1-2,5-6,8,10H2,(H,20,23)(H,21,22). The van der Waals surface area contributed by atoms with Crippen LogP contribution in [0.4, 0.5) is 0 Å². The lowest BCUT2D eigenvalue weighted by Crippen LogP contribution is -2.47. The molecule has 2 aromatic rings. The van der Waals surface area contributed by atoms with Crippen LogP contribution in [0.25, 0.3) is 10.6 Å². The molecule has 26 heavy (non-hydrogen) atoms. The second-order valence-corrected chi connectivity index (χ2v) is 7.48. The Labute approximate surface area is 154 Å². The van der Waals surface area contributed by atoms with Gasteiger partial charge in [-0.2, -0.15) is 0 Å². The first-order valence-electron chi connectivity index (χ1n) is 8.45. The highest BCUT2D eigenvalue weighted by Crippen LogP contribution is 2.37. The van der Waals surface area contributed by atoms with Crippen LogP contribution in [0.2, 0.25) is 0 Å². The molecule has 0 saturated heterocycles. The van der Waals surface area contributed by atoms with Gasteiger partial charge in [-0.1, -0.05) is 12.8 Å². The van der Waals surface area contributed by atoms with E-state index < -0.39 is 11.5 Å². The van der Waals surface area contributed by atoms with Crippen molar-refractivity contribution in [3.63, 3.8) is 0 Å². The normalized spacial score (nSPS) is 17.2. The topological polar surface area (TPSA) is 97.8 Å². The molecule has 8 heteroatoms. The first kappa shape index (κ1) is 16.8. The van der Waals surface area contributed by atoms with E-state index in [1.807, 2.05) is 18.2 Å². The van der Waals surface area contributed by atoms with E-state index in [9.17, 15) is 9.59 Å². The molecular weight excluding hydrogens is 356 g/mol. The summed E-state index contributed by atoms with van der Waals surface area (Å²) in [5.41, 5.74) is 0.490. The lowest BCUT2D eigenvalue weighted by Gasteiger charge is -2.28. The zero-order valence-electron chi connectivity index (χ0n) is 14.0. The summed E-state index contributed by atoms with van der Waals surface area (Å²) in [5, 5.41) is 14.5. The van der Waals surface area contributed by atoms with Gasteiger partial charge in [0.1, 0.15) is 10.7 Å². The van der Waals surface area contributed by atoms with Gasteiger partial charge in [0, 0.05) is 10.9 Å². The predicted molar refractivity (Wildman–Crippen MR) is 94.6 cm³/mol. The van der Waals surface area contributed by atoms with E-state index in [4.69, 9.17) is 14.6 Å². The molecular formula is C18H18N2O5S. The van der Waals surface area contributed by atoms with Gasteiger partial charge in [-0.15, -0.1) is 11.3 Å². The number of carboxylic acids is 1. The molecule has 0 atom stereocenters. The zero-order valence-corrected chi connectivity index (χ0v) is 14.8. The minimum Gasteiger partial charge on any atom is -0.481 e. The third kappa shape index (κ3) is 3.24. The maximum atomic E-state index is 12.6. The number of fused-ring (bicyclic) bond motifs is 1. The molecule has 2 aliphatic rings. The minimum atomic E-state index is -0.897. The van der Waals surface area contributed by atoms with Gasteiger partial charge in [-0.05, 0) is 31.0 Å². The number of aliphatic carboxylic acids is 1. The molecule has 1 fully saturated rings. The molecule has 1 aliphatic heterocycles. The Morgan fingerprint density at radius 3 is 2.77 bits per heavy atom. The van der Waals surface area contributed by atoms with Crippen molar-refractivity contribution in [3.05, 3.63) is 29.3 Å². The Balaban J connectivity index is 1.52. The minimum absolute atomic E-state index is 0.0576. The third-order valence-corrected chi connectivity index (χ3v) is 5.68. The maximum absolute atomic E-state index is 12.6. The fourth-order valence-corrected chi connectivity index (χ4v) is 4.33. The van der Waals surface area contributed by atoms with Gasteiger partial charge in [0.15, 0.2) is 11.5 Å². The summed E-state index contributed by atoms with van der Waals surface area (Å²) in [6.45, 7) is 0.204. The largest absolute Gasteiger partial charge is 0.481 e. The van der Waals surface area contributed by atoms with Crippen LogP contribution in [-0.2, 0) is 4.79 Å². The second kappa shape index (κ2) is 6.60. The van der Waals surface area contributed by atoms with Crippen molar-refractivity contribution < 1.29 is 24.2 Å². The number of hydrogen-bond acceptors (Lipinski definition) is 6. The third-order valence-electron chi connectivity index (χ3n) is 4.79. The molecule has 1 aromatic carbocycles. The molecule has 1 aromatic heterocycles. The highest BCUT2D eigenvalue weighted by molar-refractivity contribution is 7.13. The predicted octanol–water partition coefficient (Wildman–Crippen LogP) is 3.06. The summed E-state index contributed by atoms with van der Waals surface area (Å²) < 4.78 is 10.7. The summed E-state index contributed by atoms with van der Waals surface area (Å²) in [4.78, 5) is 28.2. The van der Waals surface area contributed by atoms with Gasteiger partial charge in [-0.3, -0.25) is 9.59 Å². The Bertz CT molecular complexity index is 857. The van der Waals surface area contributed by atoms with E-state index >= 15 is 0 Å². The fourth-order valence-electron chi connectivity index (χ4n) is 3.53. The smallest absolute Gasteiger partial charge is 0.305 e. The van der Waals surface area contributed by atoms with Crippen molar-refractivity contribution in [1.29, 1.82) is 0 Å². The second-order valence-electron chi connectivity index (χ2n) is 6.62. The molecule has 136 valence electrons. The molecule has 0 radical (unpaired) electrons. The molecule has 0 spiro atoms. The quantitative estimate of drug-likeness (QED) is 0.835. The average molecular weight is 374 g/mol. The molecule has 4 rings (SSSR count). The van der Waals surface area contributed by atoms with E-state index in [1.54, 1.807) is 5.38 Å². The van der Waals surface area contributed by atoms with Crippen LogP contribution in [-0.4, -0.2) is 34.3 Å². The van der Waals surface area contributed by atoms with Crippen molar-refractivity contribution in [3.8, 4) is 22.1 Å². The highest BCUT2D eigenvalue weighted by atomic mass is 32.1. The Morgan fingerprint density at radius 1 is 1.23 bits per heavy atom. The van der Waals surface area contributed by atoms with Crippen molar-refractivity contribution in [2.24, 2.45) is 0 Å². The van der Waals surface area contributed by atoms with Gasteiger partial charge in [-0.25, -0.2) is 4.98 Å². The van der Waals surface area contributed by atoms with E-state index in [0.29, 0.717) is 35.0 Å². The van der Waals surface area contributed by atoms with Crippen LogP contribution >= 0.6 is 11.3 Å². The maximum Gasteiger partial charge on any atom is 0.305 e. The highest BCUT2D eigenvalue weighted by Gasteiger charge is 2.38. The number of ether oxygens (including phenoxy) is 2. The van der Waals surface area contributed by atoms with Crippen molar-refractivity contribution >= 4 is 23.2 Å². The Hall–Kier alpha value is -2.61. The number of nitrogens with zero attached hydrogens (tertiary/aromatic N) is 1. The van der Waals surface area contributed by atoms with E-state index in [-0.39, 0.29) is 19.1 Å². The van der Waals surface area contributed by atoms with Gasteiger partial charge in [0.05, 0.1) is 12.0 Å². The first-order chi connectivity index (χ1) is 12.5. The lowest BCUT2D eigenvalue weighted by atomic mass is 9.93. The van der Waals surface area contributed by atoms with Crippen LogP contribution in [0.3, 0.4) is 0 Å². The molecule has 7 nitrogen and oxygen atoms in total. The summed E-state index contributed by atoms with van der Waals surface area (Å²) in [6, 6.07) is 5.53. The van der Waals surface area contributed by atoms with Gasteiger partial charge < -0.3 is 19.9 Å². The zero-order chi connectivity index (χ0) is 18.1. The van der Waals surface area contributed by atoms with Gasteiger partial charge >= 0.3 is 5.97 Å². The number of aromatic nitrogens is 1. The molecule has 0 unspecified atom stereocenters. The molecule has 1 aliphatic carbocycles. The number of amides is 1. The van der Waals surface area contributed by atoms with Gasteiger partial charge in [0.2, 0.25) is 6.79 Å². The van der Waals surface area contributed by atoms with Crippen LogP contribution < -0.4 is 14.8 Å². The molecule has 2 N–H and O–H groups in total. The summed E-state index contributed by atoms with van der Waals surface area (Å²) in [6.07, 6.45) is 3.16. The number of thiazole rings is 1. The number of nitrogens with one attached hydrogen (secondary N) is 1. The number of carboxylic acid groups (broad SMARTS) is 1. The number of benzene rings is 1. The average Bonchev–Trinajstić information content (AvgIpc) is 3.34. The number of hydrogen-bond donors (Lipinski definition) is 2. The van der Waals surface area contributed by atoms with E-state index in [1.165, 1.54) is 11.3 Å². The number of carbonyl (C=O) groups is 2. The molecule has 1 saturated carbocycles. The molecule has 2 heterocycles. The fraction of sp³-hybridized carbons (Fsp3) is 0.389. The van der Waals surface area contributed by atoms with Crippen LogP contribution in [0.5, 0.6) is 11.5 Å². The monoisotopic (exact) mass is 374 g/mol. The van der Waals surface area contributed by atoms with Gasteiger partial charge in [0.25, 0.3) is 5.91 Å². The SMILES string of the molecule is O=C(O)CC1(NC(=O)c2csc(-c3ccc4c(c3)OCO4)n2)CCCC1. The number of carbonyl (C=O) groups excluding carboxylic acids is 1. The summed E-state index contributed by atoms with van der Waals surface area (Å²) in [7, 11) is 0. The first-order valence-corrected chi connectivity index (χ1v) is 9.33. The summed E-state index contributed by atoms with van der Waals surface area (Å²) >= 11 is 1.36. The van der Waals surface area contributed by atoms with Crippen molar-refractivity contribution in [1.82, 2.24) is 10.3 Å². The number of rotatable bonds is 5. The van der Waals surface area contributed by atoms with E-state index in [0.717, 1.165) is 18.4 Å². The summed E-state index contributed by atoms with van der Waals surface area (Å²) in [5.74, 6) is 0.137. The van der Waals surface area contributed by atoms with E-state index in [2.05, 4.69) is 10.3 Å². The van der Waals surface area contributed by atoms with Crippen molar-refractivity contribution in [2.45, 2.75) is 37.6 Å². The Morgan fingerprint density at radius 2 is 2.00 bits per heavy atom. The van der Waals surface area contributed by atoms with Crippen molar-refractivity contribution in [2.75, 3.05) is 6.79 Å². The van der Waals surface area contributed by atoms with Crippen LogP contribution in [0, 0.1) is 0 Å². The molecule has 0 bridgehead atoms. The lowest BCUT2D eigenvalue weighted by molar-refractivity contribution is -0.138. The van der Waals surface area contributed by atoms with Crippen LogP contribution in [0.15, 0.2) is 23.6 Å². The van der Waals surface area contributed by atoms with Crippen LogP contribution in [0.1, 0.15) is 42.6 Å². The molecule has 1 amide bonds.